The van der Waals surface area contributed by atoms with E-state index in [0.29, 0.717) is 20.3 Å². The van der Waals surface area contributed by atoms with Gasteiger partial charge in [-0.05, 0) is 28.1 Å². The van der Waals surface area contributed by atoms with Gasteiger partial charge in [-0.2, -0.15) is 0 Å². The Labute approximate surface area is 125 Å². The van der Waals surface area contributed by atoms with Crippen LogP contribution in [0.15, 0.2) is 22.0 Å². The summed E-state index contributed by atoms with van der Waals surface area (Å²) >= 11 is 16.4. The summed E-state index contributed by atoms with van der Waals surface area (Å²) < 4.78 is 0.657. The quantitative estimate of drug-likeness (QED) is 0.788. The van der Waals surface area contributed by atoms with Crippen molar-refractivity contribution in [3.8, 4) is 0 Å². The van der Waals surface area contributed by atoms with Crippen molar-refractivity contribution in [2.45, 2.75) is 0 Å². The second-order valence-corrected chi connectivity index (χ2v) is 5.75. The molecule has 0 aliphatic rings. The van der Waals surface area contributed by atoms with Gasteiger partial charge >= 0.3 is 0 Å². The summed E-state index contributed by atoms with van der Waals surface area (Å²) in [6, 6.07) is 3.34. The number of anilines is 2. The predicted octanol–water partition coefficient (Wildman–Crippen LogP) is 4.05. The molecule has 8 heteroatoms. The maximum absolute atomic E-state index is 11.8. The number of aromatic nitrogens is 1. The molecule has 1 heterocycles. The number of nitrogens with one attached hydrogen (secondary N) is 1. The molecule has 1 amide bonds. The van der Waals surface area contributed by atoms with Crippen molar-refractivity contribution in [3.05, 3.63) is 37.7 Å². The van der Waals surface area contributed by atoms with Crippen LogP contribution < -0.4 is 11.1 Å². The number of benzene rings is 1. The predicted molar refractivity (Wildman–Crippen MR) is 78.6 cm³/mol. The van der Waals surface area contributed by atoms with E-state index in [1.165, 1.54) is 11.3 Å². The minimum atomic E-state index is -0.386. The summed E-state index contributed by atoms with van der Waals surface area (Å²) in [6.45, 7) is 0. The molecule has 0 aliphatic heterocycles. The SMILES string of the molecule is Nc1nc(C(=O)Nc2ccc(Br)c(Cl)c2Cl)cs1. The molecule has 0 unspecified atom stereocenters. The fourth-order valence-corrected chi connectivity index (χ4v) is 2.57. The van der Waals surface area contributed by atoms with Crippen LogP contribution >= 0.6 is 50.5 Å². The average Bonchev–Trinajstić information content (AvgIpc) is 2.77. The lowest BCUT2D eigenvalue weighted by Gasteiger charge is -2.08. The van der Waals surface area contributed by atoms with Gasteiger partial charge in [0, 0.05) is 9.85 Å². The first-order chi connectivity index (χ1) is 8.49. The Hall–Kier alpha value is -0.820. The van der Waals surface area contributed by atoms with E-state index < -0.39 is 0 Å². The van der Waals surface area contributed by atoms with Crippen LogP contribution in [0.2, 0.25) is 10.0 Å². The zero-order chi connectivity index (χ0) is 13.3. The van der Waals surface area contributed by atoms with Gasteiger partial charge < -0.3 is 11.1 Å². The van der Waals surface area contributed by atoms with Gasteiger partial charge in [0.15, 0.2) is 5.13 Å². The van der Waals surface area contributed by atoms with E-state index in [2.05, 4.69) is 26.2 Å². The van der Waals surface area contributed by atoms with Crippen LogP contribution in [0.25, 0.3) is 0 Å². The van der Waals surface area contributed by atoms with Gasteiger partial charge in [-0.1, -0.05) is 23.2 Å². The molecule has 2 aromatic rings. The fourth-order valence-electron chi connectivity index (χ4n) is 1.20. The van der Waals surface area contributed by atoms with Gasteiger partial charge in [-0.15, -0.1) is 11.3 Å². The lowest BCUT2D eigenvalue weighted by molar-refractivity contribution is 0.102. The van der Waals surface area contributed by atoms with Crippen molar-refractivity contribution in [3.63, 3.8) is 0 Å². The van der Waals surface area contributed by atoms with E-state index in [-0.39, 0.29) is 16.6 Å². The van der Waals surface area contributed by atoms with Crippen molar-refractivity contribution < 1.29 is 4.79 Å². The molecule has 0 spiro atoms. The Kier molecular flexibility index (Phi) is 4.11. The molecule has 2 rings (SSSR count). The number of amides is 1. The molecule has 0 aliphatic carbocycles. The number of carbonyl (C=O) groups is 1. The Balaban J connectivity index is 2.25. The van der Waals surface area contributed by atoms with Crippen LogP contribution in [0.5, 0.6) is 0 Å². The topological polar surface area (TPSA) is 68.0 Å². The molecular formula is C10H6BrCl2N3OS. The van der Waals surface area contributed by atoms with Crippen LogP contribution in [-0.2, 0) is 0 Å². The number of thiazole rings is 1. The first-order valence-corrected chi connectivity index (χ1v) is 7.07. The number of nitrogens with zero attached hydrogens (tertiary/aromatic N) is 1. The average molecular weight is 367 g/mol. The van der Waals surface area contributed by atoms with Gasteiger partial charge in [0.2, 0.25) is 0 Å². The fraction of sp³-hybridized carbons (Fsp3) is 0. The Morgan fingerprint density at radius 3 is 2.72 bits per heavy atom. The lowest BCUT2D eigenvalue weighted by Crippen LogP contribution is -2.12. The largest absolute Gasteiger partial charge is 0.375 e. The number of hydrogen-bond donors (Lipinski definition) is 2. The van der Waals surface area contributed by atoms with Crippen molar-refractivity contribution in [2.75, 3.05) is 11.1 Å². The second-order valence-electron chi connectivity index (χ2n) is 3.25. The molecule has 0 saturated heterocycles. The van der Waals surface area contributed by atoms with E-state index in [1.54, 1.807) is 17.5 Å². The summed E-state index contributed by atoms with van der Waals surface area (Å²) in [5, 5.41) is 5.13. The smallest absolute Gasteiger partial charge is 0.275 e. The maximum Gasteiger partial charge on any atom is 0.275 e. The van der Waals surface area contributed by atoms with Gasteiger partial charge in [0.25, 0.3) is 5.91 Å². The molecule has 4 nitrogen and oxygen atoms in total. The van der Waals surface area contributed by atoms with E-state index >= 15 is 0 Å². The monoisotopic (exact) mass is 365 g/mol. The molecule has 0 atom stereocenters. The van der Waals surface area contributed by atoms with E-state index in [0.717, 1.165) is 0 Å². The van der Waals surface area contributed by atoms with E-state index in [4.69, 9.17) is 28.9 Å². The first kappa shape index (κ1) is 13.6. The van der Waals surface area contributed by atoms with Gasteiger partial charge in [0.05, 0.1) is 15.7 Å². The molecule has 0 bridgehead atoms. The van der Waals surface area contributed by atoms with Crippen molar-refractivity contribution in [1.82, 2.24) is 4.98 Å². The third kappa shape index (κ3) is 2.77. The number of carbonyl (C=O) groups excluding carboxylic acids is 1. The molecular weight excluding hydrogens is 361 g/mol. The number of halogens is 3. The molecule has 1 aromatic carbocycles. The minimum Gasteiger partial charge on any atom is -0.375 e. The summed E-state index contributed by atoms with van der Waals surface area (Å²) in [7, 11) is 0. The van der Waals surface area contributed by atoms with Gasteiger partial charge in [0.1, 0.15) is 5.69 Å². The van der Waals surface area contributed by atoms with Crippen molar-refractivity contribution >= 4 is 67.2 Å². The summed E-state index contributed by atoms with van der Waals surface area (Å²) in [4.78, 5) is 15.7. The minimum absolute atomic E-state index is 0.243. The number of hydrogen-bond acceptors (Lipinski definition) is 4. The summed E-state index contributed by atoms with van der Waals surface area (Å²) in [5.41, 5.74) is 6.12. The molecule has 0 fully saturated rings. The third-order valence-corrected chi connectivity index (χ3v) is 4.48. The Morgan fingerprint density at radius 2 is 2.11 bits per heavy atom. The molecule has 0 radical (unpaired) electrons. The Morgan fingerprint density at radius 1 is 1.39 bits per heavy atom. The molecule has 3 N–H and O–H groups in total. The van der Waals surface area contributed by atoms with Crippen LogP contribution in [-0.4, -0.2) is 10.9 Å². The third-order valence-electron chi connectivity index (χ3n) is 2.04. The number of nitrogens with two attached hydrogens (primary N) is 1. The highest BCUT2D eigenvalue weighted by Crippen LogP contribution is 2.36. The van der Waals surface area contributed by atoms with Crippen LogP contribution in [0.4, 0.5) is 10.8 Å². The lowest BCUT2D eigenvalue weighted by atomic mass is 10.3. The normalized spacial score (nSPS) is 10.4. The summed E-state index contributed by atoms with van der Waals surface area (Å²) in [5.74, 6) is -0.386. The first-order valence-electron chi connectivity index (χ1n) is 4.65. The van der Waals surface area contributed by atoms with E-state index in [1.807, 2.05) is 0 Å². The number of nitrogen functional groups attached to an aromatic ring is 1. The number of rotatable bonds is 2. The van der Waals surface area contributed by atoms with Gasteiger partial charge in [-0.3, -0.25) is 4.79 Å². The van der Waals surface area contributed by atoms with E-state index in [9.17, 15) is 4.79 Å². The Bertz CT molecular complexity index is 617. The van der Waals surface area contributed by atoms with Crippen molar-refractivity contribution in [1.29, 1.82) is 0 Å². The molecule has 18 heavy (non-hydrogen) atoms. The standard InChI is InChI=1S/C10H6BrCl2N3OS/c11-4-1-2-5(8(13)7(4)12)15-9(17)6-3-18-10(14)16-6/h1-3H,(H2,14,16)(H,15,17). The second kappa shape index (κ2) is 5.44. The van der Waals surface area contributed by atoms with Crippen molar-refractivity contribution in [2.24, 2.45) is 0 Å². The highest BCUT2D eigenvalue weighted by Gasteiger charge is 2.14. The highest BCUT2D eigenvalue weighted by molar-refractivity contribution is 9.10. The molecule has 1 aromatic heterocycles. The summed E-state index contributed by atoms with van der Waals surface area (Å²) in [6.07, 6.45) is 0. The molecule has 94 valence electrons. The zero-order valence-corrected chi connectivity index (χ0v) is 12.6. The van der Waals surface area contributed by atoms with Crippen LogP contribution in [0, 0.1) is 0 Å². The van der Waals surface area contributed by atoms with Crippen LogP contribution in [0.1, 0.15) is 10.5 Å². The van der Waals surface area contributed by atoms with Gasteiger partial charge in [-0.25, -0.2) is 4.98 Å². The highest BCUT2D eigenvalue weighted by atomic mass is 79.9. The molecule has 0 saturated carbocycles. The maximum atomic E-state index is 11.8. The zero-order valence-electron chi connectivity index (χ0n) is 8.71. The van der Waals surface area contributed by atoms with Crippen LogP contribution in [0.3, 0.4) is 0 Å².